The molecule has 0 aromatic heterocycles. The summed E-state index contributed by atoms with van der Waals surface area (Å²) in [5.74, 6) is -0.996. The maximum absolute atomic E-state index is 12.2. The van der Waals surface area contributed by atoms with Gasteiger partial charge in [0.25, 0.3) is 0 Å². The third-order valence-electron chi connectivity index (χ3n) is 4.72. The fourth-order valence-electron chi connectivity index (χ4n) is 3.32. The van der Waals surface area contributed by atoms with Crippen molar-refractivity contribution in [1.82, 2.24) is 10.6 Å². The summed E-state index contributed by atoms with van der Waals surface area (Å²) in [4.78, 5) is 35.1. The highest BCUT2D eigenvalue weighted by Crippen LogP contribution is 2.31. The molecular weight excluding hydrogens is 348 g/mol. The number of Topliss-reactive ketones (excluding diaryl/α,β-unsaturated/α-hetero) is 1. The quantitative estimate of drug-likeness (QED) is 0.662. The van der Waals surface area contributed by atoms with Gasteiger partial charge in [-0.2, -0.15) is 0 Å². The monoisotopic (exact) mass is 370 g/mol. The Hall–Kier alpha value is -2.77. The van der Waals surface area contributed by atoms with Crippen LogP contribution < -0.4 is 10.6 Å². The first-order valence-electron chi connectivity index (χ1n) is 8.78. The van der Waals surface area contributed by atoms with Crippen molar-refractivity contribution in [2.45, 2.75) is 32.5 Å². The number of benzene rings is 1. The molecule has 1 aromatic rings. The lowest BCUT2D eigenvalue weighted by Gasteiger charge is -2.21. The number of rotatable bonds is 5. The van der Waals surface area contributed by atoms with Crippen molar-refractivity contribution in [1.29, 1.82) is 0 Å². The number of hydrogen-bond acceptors (Lipinski definition) is 6. The number of ether oxygens (including phenoxy) is 1. The fourth-order valence-corrected chi connectivity index (χ4v) is 3.32. The molecule has 2 atom stereocenters. The van der Waals surface area contributed by atoms with Crippen LogP contribution >= 0.6 is 0 Å². The number of carbonyl (C=O) groups is 3. The second-order valence-electron chi connectivity index (χ2n) is 6.62. The van der Waals surface area contributed by atoms with Crippen LogP contribution in [0.4, 0.5) is 0 Å². The number of nitrogens with one attached hydrogen (secondary N) is 2. The van der Waals surface area contributed by atoms with Gasteiger partial charge in [0.2, 0.25) is 5.91 Å². The van der Waals surface area contributed by atoms with E-state index in [1.165, 1.54) is 6.92 Å². The minimum Gasteiger partial charge on any atom is -0.434 e. The summed E-state index contributed by atoms with van der Waals surface area (Å²) in [5.41, 5.74) is 3.80. The molecule has 1 unspecified atom stereocenters. The van der Waals surface area contributed by atoms with E-state index in [9.17, 15) is 14.4 Å². The summed E-state index contributed by atoms with van der Waals surface area (Å²) in [7, 11) is 0. The third-order valence-corrected chi connectivity index (χ3v) is 4.72. The Morgan fingerprint density at radius 1 is 1.26 bits per heavy atom. The zero-order valence-electron chi connectivity index (χ0n) is 15.2. The molecule has 3 rings (SSSR count). The van der Waals surface area contributed by atoms with Gasteiger partial charge in [-0.3, -0.25) is 9.59 Å². The average Bonchev–Trinajstić information content (AvgIpc) is 2.94. The van der Waals surface area contributed by atoms with Gasteiger partial charge in [-0.1, -0.05) is 30.3 Å². The number of ketones is 1. The molecule has 7 nitrogen and oxygen atoms in total. The Balaban J connectivity index is 1.84. The predicted octanol–water partition coefficient (Wildman–Crippen LogP) is 0.786. The molecule has 0 fully saturated rings. The van der Waals surface area contributed by atoms with Gasteiger partial charge in [-0.25, -0.2) is 4.79 Å². The lowest BCUT2D eigenvalue weighted by Crippen LogP contribution is -2.40. The van der Waals surface area contributed by atoms with E-state index in [0.717, 1.165) is 17.6 Å². The average molecular weight is 370 g/mol. The zero-order chi connectivity index (χ0) is 19.6. The molecular formula is C20H22N2O5. The molecule has 0 spiro atoms. The van der Waals surface area contributed by atoms with Crippen LogP contribution in [0, 0.1) is 0 Å². The minimum atomic E-state index is -0.734. The number of carbonyl (C=O) groups excluding carboxylic acids is 3. The van der Waals surface area contributed by atoms with Crippen LogP contribution in [0.1, 0.15) is 31.4 Å². The summed E-state index contributed by atoms with van der Waals surface area (Å²) >= 11 is 0. The topological polar surface area (TPSA) is 105 Å². The molecule has 0 bridgehead atoms. The smallest absolute Gasteiger partial charge is 0.341 e. The van der Waals surface area contributed by atoms with Gasteiger partial charge < -0.3 is 20.5 Å². The molecule has 2 heterocycles. The van der Waals surface area contributed by atoms with E-state index >= 15 is 0 Å². The Labute approximate surface area is 157 Å². The first kappa shape index (κ1) is 19.0. The maximum atomic E-state index is 12.2. The van der Waals surface area contributed by atoms with Crippen LogP contribution in [0.25, 0.3) is 11.1 Å². The van der Waals surface area contributed by atoms with E-state index in [2.05, 4.69) is 10.6 Å². The van der Waals surface area contributed by atoms with Gasteiger partial charge in [-0.05, 0) is 30.0 Å². The molecule has 2 aliphatic rings. The summed E-state index contributed by atoms with van der Waals surface area (Å²) in [6.45, 7) is 3.29. The number of aliphatic hydroxyl groups is 1. The Morgan fingerprint density at radius 2 is 1.93 bits per heavy atom. The molecule has 3 N–H and O–H groups in total. The molecule has 0 aliphatic carbocycles. The summed E-state index contributed by atoms with van der Waals surface area (Å²) in [6.07, 6.45) is 1.86. The number of amides is 1. The Bertz CT molecular complexity index is 838. The third kappa shape index (κ3) is 3.99. The first-order valence-corrected chi connectivity index (χ1v) is 8.78. The molecule has 1 aromatic carbocycles. The molecule has 7 heteroatoms. The standard InChI is InChI=1S/C20H22N2O5/c1-11-18(20(26)27-19(11)22-12(2)24)14-5-3-13(4-6-14)15-7-8-21-16(9-15)17(25)10-23/h3-6,9,16,19,21,23H,7-8,10H2,1-2H3,(H,22,24)/t16?,19-/m1/s1. The minimum absolute atomic E-state index is 0.262. The molecule has 27 heavy (non-hydrogen) atoms. The largest absolute Gasteiger partial charge is 0.434 e. The van der Waals surface area contributed by atoms with Crippen molar-refractivity contribution < 1.29 is 24.2 Å². The number of aliphatic hydroxyl groups excluding tert-OH is 1. The van der Waals surface area contributed by atoms with E-state index in [1.54, 1.807) is 6.92 Å². The van der Waals surface area contributed by atoms with Gasteiger partial charge in [0, 0.05) is 19.0 Å². The molecule has 0 saturated heterocycles. The van der Waals surface area contributed by atoms with Gasteiger partial charge in [0.15, 0.2) is 12.0 Å². The second kappa shape index (κ2) is 7.85. The van der Waals surface area contributed by atoms with E-state index in [4.69, 9.17) is 9.84 Å². The van der Waals surface area contributed by atoms with Crippen molar-refractivity contribution in [3.05, 3.63) is 47.0 Å². The molecule has 2 aliphatic heterocycles. The SMILES string of the molecule is CC(=O)N[C@@H]1OC(=O)C(c2ccc(C3=CC(C(=O)CO)NCC3)cc2)=C1C. The van der Waals surface area contributed by atoms with Crippen LogP contribution in [0.2, 0.25) is 0 Å². The Morgan fingerprint density at radius 3 is 2.56 bits per heavy atom. The van der Waals surface area contributed by atoms with Gasteiger partial charge in [0.05, 0.1) is 11.6 Å². The fraction of sp³-hybridized carbons (Fsp3) is 0.350. The van der Waals surface area contributed by atoms with E-state index in [1.807, 2.05) is 30.3 Å². The first-order chi connectivity index (χ1) is 12.9. The molecule has 0 radical (unpaired) electrons. The second-order valence-corrected chi connectivity index (χ2v) is 6.62. The summed E-state index contributed by atoms with van der Waals surface area (Å²) in [5, 5.41) is 14.7. The Kier molecular flexibility index (Phi) is 5.53. The van der Waals surface area contributed by atoms with Crippen LogP contribution in [-0.2, 0) is 19.1 Å². The zero-order valence-corrected chi connectivity index (χ0v) is 15.2. The van der Waals surface area contributed by atoms with Crippen molar-refractivity contribution in [3.63, 3.8) is 0 Å². The van der Waals surface area contributed by atoms with Crippen LogP contribution in [0.3, 0.4) is 0 Å². The summed E-state index contributed by atoms with van der Waals surface area (Å²) in [6, 6.07) is 6.97. The van der Waals surface area contributed by atoms with Crippen LogP contribution in [0.5, 0.6) is 0 Å². The van der Waals surface area contributed by atoms with Gasteiger partial charge in [0.1, 0.15) is 6.61 Å². The van der Waals surface area contributed by atoms with E-state index in [0.29, 0.717) is 23.3 Å². The van der Waals surface area contributed by atoms with Crippen molar-refractivity contribution in [3.8, 4) is 0 Å². The van der Waals surface area contributed by atoms with Gasteiger partial charge >= 0.3 is 5.97 Å². The lowest BCUT2D eigenvalue weighted by molar-refractivity contribution is -0.140. The summed E-state index contributed by atoms with van der Waals surface area (Å²) < 4.78 is 5.23. The highest BCUT2D eigenvalue weighted by Gasteiger charge is 2.32. The van der Waals surface area contributed by atoms with Gasteiger partial charge in [-0.15, -0.1) is 0 Å². The van der Waals surface area contributed by atoms with E-state index in [-0.39, 0.29) is 11.7 Å². The highest BCUT2D eigenvalue weighted by atomic mass is 16.6. The number of cyclic esters (lactones) is 1. The normalized spacial score (nSPS) is 22.3. The maximum Gasteiger partial charge on any atom is 0.341 e. The lowest BCUT2D eigenvalue weighted by atomic mass is 9.93. The van der Waals surface area contributed by atoms with Crippen LogP contribution in [-0.4, -0.2) is 48.2 Å². The van der Waals surface area contributed by atoms with Crippen molar-refractivity contribution in [2.24, 2.45) is 0 Å². The molecule has 1 amide bonds. The van der Waals surface area contributed by atoms with E-state index < -0.39 is 24.8 Å². The molecule has 142 valence electrons. The van der Waals surface area contributed by atoms with Crippen molar-refractivity contribution in [2.75, 3.05) is 13.2 Å². The highest BCUT2D eigenvalue weighted by molar-refractivity contribution is 6.19. The number of hydrogen-bond donors (Lipinski definition) is 3. The number of esters is 1. The van der Waals surface area contributed by atoms with Crippen LogP contribution in [0.15, 0.2) is 35.9 Å². The predicted molar refractivity (Wildman–Crippen MR) is 99.2 cm³/mol. The van der Waals surface area contributed by atoms with Crippen molar-refractivity contribution >= 4 is 28.8 Å². The molecule has 0 saturated carbocycles.